The number of sulfonamides is 1. The van der Waals surface area contributed by atoms with Gasteiger partial charge in [-0.3, -0.25) is 4.79 Å². The maximum absolute atomic E-state index is 11.0. The third-order valence-electron chi connectivity index (χ3n) is 1.23. The second-order valence-electron chi connectivity index (χ2n) is 3.18. The number of aliphatic hydroxyl groups is 1. The molecule has 0 aromatic carbocycles. The predicted octanol–water partition coefficient (Wildman–Crippen LogP) is -1.84. The summed E-state index contributed by atoms with van der Waals surface area (Å²) in [5, 5.41) is 16.0. The van der Waals surface area contributed by atoms with E-state index in [1.165, 1.54) is 13.8 Å². The largest absolute Gasteiger partial charge is 0.381 e. The van der Waals surface area contributed by atoms with Gasteiger partial charge in [0.15, 0.2) is 0 Å². The van der Waals surface area contributed by atoms with Crippen LogP contribution in [-0.4, -0.2) is 37.3 Å². The Labute approximate surface area is 77.2 Å². The Hall–Kier alpha value is -0.660. The molecule has 78 valence electrons. The monoisotopic (exact) mass is 210 g/mol. The van der Waals surface area contributed by atoms with Crippen molar-refractivity contribution >= 4 is 15.9 Å². The third kappa shape index (κ3) is 6.50. The summed E-state index contributed by atoms with van der Waals surface area (Å²) in [6.45, 7) is 2.51. The Bertz CT molecular complexity index is 277. The molecule has 0 atom stereocenters. The van der Waals surface area contributed by atoms with E-state index in [4.69, 9.17) is 5.11 Å². The number of primary sulfonamides is 1. The smallest absolute Gasteiger partial charge is 0.251 e. The van der Waals surface area contributed by atoms with Gasteiger partial charge in [0.2, 0.25) is 10.0 Å². The van der Waals surface area contributed by atoms with Crippen LogP contribution in [0.25, 0.3) is 0 Å². The highest BCUT2D eigenvalue weighted by atomic mass is 32.2. The van der Waals surface area contributed by atoms with Crippen LogP contribution in [0.2, 0.25) is 0 Å². The lowest BCUT2D eigenvalue weighted by Crippen LogP contribution is -2.44. The SMILES string of the molecule is CC(C)(O)C(=O)NCCS(N)(=O)=O. The summed E-state index contributed by atoms with van der Waals surface area (Å²) in [6.07, 6.45) is 0. The highest BCUT2D eigenvalue weighted by Gasteiger charge is 2.23. The minimum absolute atomic E-state index is 0.0956. The normalized spacial score (nSPS) is 12.6. The molecule has 0 aliphatic rings. The number of carbonyl (C=O) groups excluding carboxylic acids is 1. The van der Waals surface area contributed by atoms with E-state index in [0.29, 0.717) is 0 Å². The van der Waals surface area contributed by atoms with E-state index in [9.17, 15) is 13.2 Å². The topological polar surface area (TPSA) is 109 Å². The number of hydrogen-bond acceptors (Lipinski definition) is 4. The zero-order valence-electron chi connectivity index (χ0n) is 7.57. The van der Waals surface area contributed by atoms with E-state index in [-0.39, 0.29) is 12.3 Å². The van der Waals surface area contributed by atoms with E-state index in [0.717, 1.165) is 0 Å². The van der Waals surface area contributed by atoms with Gasteiger partial charge in [0.25, 0.3) is 5.91 Å². The second kappa shape index (κ2) is 4.03. The van der Waals surface area contributed by atoms with Crippen molar-refractivity contribution in [1.29, 1.82) is 0 Å². The lowest BCUT2D eigenvalue weighted by Gasteiger charge is -2.15. The molecule has 13 heavy (non-hydrogen) atoms. The minimum Gasteiger partial charge on any atom is -0.381 e. The summed E-state index contributed by atoms with van der Waals surface area (Å²) >= 11 is 0. The molecule has 0 radical (unpaired) electrons. The number of nitrogens with two attached hydrogens (primary N) is 1. The predicted molar refractivity (Wildman–Crippen MR) is 47.3 cm³/mol. The van der Waals surface area contributed by atoms with Crippen molar-refractivity contribution in [1.82, 2.24) is 5.32 Å². The average molecular weight is 210 g/mol. The number of carbonyl (C=O) groups is 1. The molecule has 4 N–H and O–H groups in total. The first-order valence-corrected chi connectivity index (χ1v) is 5.35. The van der Waals surface area contributed by atoms with Crippen molar-refractivity contribution in [2.45, 2.75) is 19.4 Å². The quantitative estimate of drug-likeness (QED) is 0.506. The minimum atomic E-state index is -3.56. The summed E-state index contributed by atoms with van der Waals surface area (Å²) in [5.41, 5.74) is -1.50. The molecule has 7 heteroatoms. The summed E-state index contributed by atoms with van der Waals surface area (Å²) in [4.78, 5) is 11.0. The van der Waals surface area contributed by atoms with Crippen molar-refractivity contribution in [3.8, 4) is 0 Å². The van der Waals surface area contributed by atoms with Crippen molar-refractivity contribution < 1.29 is 18.3 Å². The van der Waals surface area contributed by atoms with Crippen molar-refractivity contribution in [2.75, 3.05) is 12.3 Å². The maximum atomic E-state index is 11.0. The number of nitrogens with one attached hydrogen (secondary N) is 1. The molecule has 0 bridgehead atoms. The van der Waals surface area contributed by atoms with Gasteiger partial charge in [-0.1, -0.05) is 0 Å². The van der Waals surface area contributed by atoms with E-state index in [1.54, 1.807) is 0 Å². The maximum Gasteiger partial charge on any atom is 0.251 e. The fourth-order valence-electron chi connectivity index (χ4n) is 0.523. The van der Waals surface area contributed by atoms with Gasteiger partial charge in [0.1, 0.15) is 5.60 Å². The Kier molecular flexibility index (Phi) is 3.83. The fraction of sp³-hybridized carbons (Fsp3) is 0.833. The van der Waals surface area contributed by atoms with Crippen molar-refractivity contribution in [2.24, 2.45) is 5.14 Å². The Morgan fingerprint density at radius 1 is 1.54 bits per heavy atom. The fourth-order valence-corrected chi connectivity index (χ4v) is 0.910. The summed E-state index contributed by atoms with van der Waals surface area (Å²) in [7, 11) is -3.56. The molecule has 0 aliphatic carbocycles. The number of amides is 1. The zero-order valence-corrected chi connectivity index (χ0v) is 8.39. The zero-order chi connectivity index (χ0) is 10.7. The third-order valence-corrected chi connectivity index (χ3v) is 2.00. The second-order valence-corrected chi connectivity index (χ2v) is 4.92. The van der Waals surface area contributed by atoms with Gasteiger partial charge >= 0.3 is 0 Å². The summed E-state index contributed by atoms with van der Waals surface area (Å²) < 4.78 is 20.9. The molecule has 0 aromatic rings. The van der Waals surface area contributed by atoms with Crippen LogP contribution in [0, 0.1) is 0 Å². The average Bonchev–Trinajstić information content (AvgIpc) is 1.82. The Morgan fingerprint density at radius 3 is 2.31 bits per heavy atom. The standard InChI is InChI=1S/C6H14N2O4S/c1-6(2,10)5(9)8-3-4-13(7,11)12/h10H,3-4H2,1-2H3,(H,8,9)(H2,7,11,12). The molecular formula is C6H14N2O4S. The van der Waals surface area contributed by atoms with Crippen LogP contribution >= 0.6 is 0 Å². The number of rotatable bonds is 4. The molecule has 1 amide bonds. The molecule has 0 spiro atoms. The van der Waals surface area contributed by atoms with Crippen LogP contribution < -0.4 is 10.5 Å². The van der Waals surface area contributed by atoms with Crippen molar-refractivity contribution in [3.05, 3.63) is 0 Å². The molecular weight excluding hydrogens is 196 g/mol. The van der Waals surface area contributed by atoms with Crippen molar-refractivity contribution in [3.63, 3.8) is 0 Å². The first-order valence-electron chi connectivity index (χ1n) is 3.64. The van der Waals surface area contributed by atoms with Crippen LogP contribution in [0.15, 0.2) is 0 Å². The van der Waals surface area contributed by atoms with Gasteiger partial charge < -0.3 is 10.4 Å². The number of hydrogen-bond donors (Lipinski definition) is 3. The highest BCUT2D eigenvalue weighted by molar-refractivity contribution is 7.89. The lowest BCUT2D eigenvalue weighted by molar-refractivity contribution is -0.136. The molecule has 0 aromatic heterocycles. The molecule has 0 unspecified atom stereocenters. The van der Waals surface area contributed by atoms with Crippen LogP contribution in [0.4, 0.5) is 0 Å². The van der Waals surface area contributed by atoms with Crippen LogP contribution in [0.5, 0.6) is 0 Å². The van der Waals surface area contributed by atoms with Gasteiger partial charge in [0.05, 0.1) is 5.75 Å². The summed E-state index contributed by atoms with van der Waals surface area (Å²) in [6, 6.07) is 0. The van der Waals surface area contributed by atoms with Crippen LogP contribution in [0.3, 0.4) is 0 Å². The van der Waals surface area contributed by atoms with E-state index < -0.39 is 21.5 Å². The molecule has 6 nitrogen and oxygen atoms in total. The van der Waals surface area contributed by atoms with E-state index >= 15 is 0 Å². The van der Waals surface area contributed by atoms with Crippen LogP contribution in [0.1, 0.15) is 13.8 Å². The van der Waals surface area contributed by atoms with Gasteiger partial charge in [-0.25, -0.2) is 13.6 Å². The molecule has 0 aliphatic heterocycles. The van der Waals surface area contributed by atoms with Gasteiger partial charge in [-0.05, 0) is 13.8 Å². The summed E-state index contributed by atoms with van der Waals surface area (Å²) in [5.74, 6) is -0.967. The highest BCUT2D eigenvalue weighted by Crippen LogP contribution is 1.99. The molecule has 0 rings (SSSR count). The van der Waals surface area contributed by atoms with E-state index in [1.807, 2.05) is 0 Å². The van der Waals surface area contributed by atoms with Gasteiger partial charge in [-0.15, -0.1) is 0 Å². The molecule has 0 saturated heterocycles. The lowest BCUT2D eigenvalue weighted by atomic mass is 10.1. The van der Waals surface area contributed by atoms with Gasteiger partial charge in [0, 0.05) is 6.54 Å². The van der Waals surface area contributed by atoms with E-state index in [2.05, 4.69) is 10.5 Å². The Morgan fingerprint density at radius 2 is 2.00 bits per heavy atom. The first kappa shape index (κ1) is 12.3. The molecule has 0 fully saturated rings. The molecule has 0 saturated carbocycles. The Balaban J connectivity index is 3.87. The van der Waals surface area contributed by atoms with Gasteiger partial charge in [-0.2, -0.15) is 0 Å². The molecule has 0 heterocycles. The van der Waals surface area contributed by atoms with Crippen LogP contribution in [-0.2, 0) is 14.8 Å². The first-order chi connectivity index (χ1) is 5.63.